The number of benzene rings is 1. The van der Waals surface area contributed by atoms with Crippen LogP contribution in [0.15, 0.2) is 45.4 Å². The Morgan fingerprint density at radius 2 is 2.05 bits per heavy atom. The van der Waals surface area contributed by atoms with Gasteiger partial charge in [-0.1, -0.05) is 38.1 Å². The summed E-state index contributed by atoms with van der Waals surface area (Å²) in [4.78, 5) is 38.4. The summed E-state index contributed by atoms with van der Waals surface area (Å²) in [6, 6.07) is 8.80. The van der Waals surface area contributed by atoms with Crippen LogP contribution < -0.4 is 10.1 Å². The van der Waals surface area contributed by atoms with Gasteiger partial charge in [0.1, 0.15) is 17.3 Å². The van der Waals surface area contributed by atoms with E-state index in [9.17, 15) is 14.7 Å². The largest absolute Gasteiger partial charge is 0.479 e. The summed E-state index contributed by atoms with van der Waals surface area (Å²) in [7, 11) is 1.48. The van der Waals surface area contributed by atoms with E-state index < -0.39 is 23.6 Å². The highest BCUT2D eigenvalue weighted by Gasteiger charge is 2.48. The first kappa shape index (κ1) is 26.1. The van der Waals surface area contributed by atoms with E-state index in [2.05, 4.69) is 20.4 Å². The number of aliphatic hydroxyl groups excluding tert-OH is 1. The van der Waals surface area contributed by atoms with Crippen LogP contribution in [-0.2, 0) is 15.1 Å². The maximum atomic E-state index is 13.8. The summed E-state index contributed by atoms with van der Waals surface area (Å²) >= 11 is 1.57. The smallest absolute Gasteiger partial charge is 0.277 e. The number of aromatic nitrogens is 2. The van der Waals surface area contributed by atoms with Gasteiger partial charge in [0.05, 0.1) is 35.3 Å². The van der Waals surface area contributed by atoms with Crippen molar-refractivity contribution < 1.29 is 24.0 Å². The number of hydrogen-bond donors (Lipinski definition) is 2. The van der Waals surface area contributed by atoms with Gasteiger partial charge in [0, 0.05) is 19.0 Å². The number of aryl methyl sites for hydroxylation is 1. The van der Waals surface area contributed by atoms with Gasteiger partial charge in [-0.25, -0.2) is 4.98 Å². The van der Waals surface area contributed by atoms with Crippen molar-refractivity contribution in [1.29, 1.82) is 0 Å². The molecule has 4 atom stereocenters. The molecule has 0 radical (unpaired) electrons. The number of nitrogens with one attached hydrogen (secondary N) is 1. The lowest BCUT2D eigenvalue weighted by molar-refractivity contribution is -0.134. The SMILES string of the molecule is COc1cc([C@H](C(=O)N2C[C@H](O)C[C@H]2C2=NC(=O)[C@@](C)(c3ccc(-c4scnc4C)cc3)N2)C(C)C)on1. The molecule has 1 fully saturated rings. The fourth-order valence-corrected chi connectivity index (χ4v) is 6.00. The number of carbonyl (C=O) groups is 2. The minimum absolute atomic E-state index is 0.107. The number of aliphatic imine (C=N–C) groups is 1. The third-order valence-electron chi connectivity index (χ3n) is 7.33. The second-order valence-electron chi connectivity index (χ2n) is 10.3. The summed E-state index contributed by atoms with van der Waals surface area (Å²) in [5.41, 5.74) is 3.48. The zero-order valence-electron chi connectivity index (χ0n) is 22.0. The Bertz CT molecular complexity index is 1380. The molecule has 11 heteroatoms. The maximum absolute atomic E-state index is 13.8. The third kappa shape index (κ3) is 4.49. The molecular weight excluding hydrogens is 506 g/mol. The monoisotopic (exact) mass is 537 g/mol. The van der Waals surface area contributed by atoms with E-state index in [1.165, 1.54) is 7.11 Å². The molecule has 0 saturated carbocycles. The molecule has 200 valence electrons. The number of amides is 2. The number of aliphatic hydroxyl groups is 1. The van der Waals surface area contributed by atoms with Crippen LogP contribution in [0.5, 0.6) is 5.88 Å². The Balaban J connectivity index is 1.39. The fraction of sp³-hybridized carbons (Fsp3) is 0.444. The van der Waals surface area contributed by atoms with Gasteiger partial charge in [-0.15, -0.1) is 11.3 Å². The third-order valence-corrected chi connectivity index (χ3v) is 8.31. The van der Waals surface area contributed by atoms with Crippen LogP contribution in [0.2, 0.25) is 0 Å². The lowest BCUT2D eigenvalue weighted by atomic mass is 9.90. The Morgan fingerprint density at radius 3 is 2.66 bits per heavy atom. The molecule has 1 aromatic carbocycles. The minimum atomic E-state index is -1.09. The van der Waals surface area contributed by atoms with E-state index in [0.29, 0.717) is 11.6 Å². The molecule has 4 heterocycles. The Labute approximate surface area is 224 Å². The van der Waals surface area contributed by atoms with E-state index in [-0.39, 0.29) is 36.6 Å². The predicted octanol–water partition coefficient (Wildman–Crippen LogP) is 3.26. The number of ether oxygens (including phenoxy) is 1. The van der Waals surface area contributed by atoms with Crippen LogP contribution in [0, 0.1) is 12.8 Å². The highest BCUT2D eigenvalue weighted by atomic mass is 32.1. The number of carbonyl (C=O) groups excluding carboxylic acids is 2. The highest BCUT2D eigenvalue weighted by Crippen LogP contribution is 2.35. The van der Waals surface area contributed by atoms with Crippen molar-refractivity contribution in [2.24, 2.45) is 10.9 Å². The number of thiazole rings is 1. The van der Waals surface area contributed by atoms with E-state index in [1.807, 2.05) is 50.5 Å². The molecule has 0 spiro atoms. The van der Waals surface area contributed by atoms with Gasteiger partial charge in [-0.2, -0.15) is 4.99 Å². The molecule has 2 aliphatic rings. The fourth-order valence-electron chi connectivity index (χ4n) is 5.19. The lowest BCUT2D eigenvalue weighted by Crippen LogP contribution is -2.51. The number of nitrogens with zero attached hydrogens (tertiary/aromatic N) is 4. The Morgan fingerprint density at radius 1 is 1.32 bits per heavy atom. The number of amidine groups is 1. The second kappa shape index (κ2) is 9.95. The van der Waals surface area contributed by atoms with Crippen molar-refractivity contribution in [1.82, 2.24) is 20.4 Å². The summed E-state index contributed by atoms with van der Waals surface area (Å²) in [5.74, 6) is -0.256. The molecule has 3 aromatic rings. The number of hydrogen-bond acceptors (Lipinski definition) is 9. The number of rotatable bonds is 7. The predicted molar refractivity (Wildman–Crippen MR) is 142 cm³/mol. The van der Waals surface area contributed by atoms with Crippen molar-refractivity contribution >= 4 is 29.0 Å². The van der Waals surface area contributed by atoms with Crippen molar-refractivity contribution in [2.75, 3.05) is 13.7 Å². The van der Waals surface area contributed by atoms with E-state index in [4.69, 9.17) is 9.26 Å². The van der Waals surface area contributed by atoms with Gasteiger partial charge < -0.3 is 24.6 Å². The van der Waals surface area contributed by atoms with Crippen molar-refractivity contribution in [3.05, 3.63) is 52.9 Å². The summed E-state index contributed by atoms with van der Waals surface area (Å²) in [6.07, 6.45) is -0.468. The molecule has 38 heavy (non-hydrogen) atoms. The molecular formula is C27H31N5O5S. The molecule has 0 aliphatic carbocycles. The van der Waals surface area contributed by atoms with Gasteiger partial charge in [0.25, 0.3) is 11.8 Å². The first-order valence-corrected chi connectivity index (χ1v) is 13.4. The first-order chi connectivity index (χ1) is 18.1. The molecule has 2 aliphatic heterocycles. The van der Waals surface area contributed by atoms with Crippen molar-refractivity contribution in [3.63, 3.8) is 0 Å². The zero-order chi connectivity index (χ0) is 27.2. The molecule has 0 unspecified atom stereocenters. The minimum Gasteiger partial charge on any atom is -0.479 e. The standard InChI is InChI=1S/C27H31N5O5S/c1-14(2)22(20-11-21(36-5)31-37-20)25(34)32-12-18(33)10-19(32)24-29-26(35)27(4,30-24)17-8-6-16(7-9-17)23-15(3)28-13-38-23/h6-9,11,13-14,18-19,22,33H,10,12H2,1-5H3,(H,29,30,35)/t18-,19+,22-,27-/m1/s1. The molecule has 2 amide bonds. The van der Waals surface area contributed by atoms with Crippen LogP contribution in [0.3, 0.4) is 0 Å². The van der Waals surface area contributed by atoms with Crippen LogP contribution in [0.1, 0.15) is 50.1 Å². The normalized spacial score (nSPS) is 24.0. The highest BCUT2D eigenvalue weighted by molar-refractivity contribution is 7.13. The number of β-amino-alcohol motifs (C(OH)–C–C–N with tert-alkyl or cyclic N) is 1. The van der Waals surface area contributed by atoms with E-state index in [0.717, 1.165) is 21.7 Å². The van der Waals surface area contributed by atoms with Gasteiger partial charge >= 0.3 is 0 Å². The summed E-state index contributed by atoms with van der Waals surface area (Å²) in [6.45, 7) is 7.72. The van der Waals surface area contributed by atoms with Crippen LogP contribution >= 0.6 is 11.3 Å². The summed E-state index contributed by atoms with van der Waals surface area (Å²) < 4.78 is 10.5. The van der Waals surface area contributed by atoms with Crippen LogP contribution in [-0.4, -0.2) is 63.6 Å². The molecule has 1 saturated heterocycles. The molecule has 0 bridgehead atoms. The van der Waals surface area contributed by atoms with Gasteiger partial charge in [-0.05, 0) is 36.0 Å². The average Bonchev–Trinajstić information content (AvgIpc) is 3.67. The van der Waals surface area contributed by atoms with Crippen molar-refractivity contribution in [3.8, 4) is 16.3 Å². The Hall–Kier alpha value is -3.57. The maximum Gasteiger partial charge on any atom is 0.277 e. The molecule has 2 N–H and O–H groups in total. The second-order valence-corrected chi connectivity index (χ2v) is 11.1. The van der Waals surface area contributed by atoms with E-state index >= 15 is 0 Å². The number of likely N-dealkylation sites (tertiary alicyclic amines) is 1. The van der Waals surface area contributed by atoms with Gasteiger partial charge in [0.2, 0.25) is 5.91 Å². The van der Waals surface area contributed by atoms with Crippen LogP contribution in [0.4, 0.5) is 0 Å². The molecule has 2 aromatic heterocycles. The lowest BCUT2D eigenvalue weighted by Gasteiger charge is -2.31. The molecule has 5 rings (SSSR count). The Kier molecular flexibility index (Phi) is 6.83. The van der Waals surface area contributed by atoms with Gasteiger partial charge in [0.15, 0.2) is 5.76 Å². The number of methoxy groups -OCH3 is 1. The average molecular weight is 538 g/mol. The molecule has 10 nitrogen and oxygen atoms in total. The topological polar surface area (TPSA) is 130 Å². The van der Waals surface area contributed by atoms with E-state index in [1.54, 1.807) is 29.2 Å². The quantitative estimate of drug-likeness (QED) is 0.470. The first-order valence-electron chi connectivity index (χ1n) is 12.5. The zero-order valence-corrected chi connectivity index (χ0v) is 22.8. The van der Waals surface area contributed by atoms with Crippen molar-refractivity contribution in [2.45, 2.75) is 57.7 Å². The van der Waals surface area contributed by atoms with Gasteiger partial charge in [-0.3, -0.25) is 9.59 Å². The summed E-state index contributed by atoms with van der Waals surface area (Å²) in [5, 5.41) is 17.7. The van der Waals surface area contributed by atoms with Crippen LogP contribution in [0.25, 0.3) is 10.4 Å².